The maximum Gasteiger partial charge on any atom is 0.303 e. The average molecular weight is 655 g/mol. The van der Waals surface area contributed by atoms with E-state index in [1.807, 2.05) is 0 Å². The Morgan fingerprint density at radius 2 is 0.522 bits per heavy atom. The summed E-state index contributed by atoms with van der Waals surface area (Å²) in [5.74, 6) is -0.697. The summed E-state index contributed by atoms with van der Waals surface area (Å²) in [5, 5.41) is 16.3. The predicted octanol–water partition coefficient (Wildman–Crippen LogP) is 15.1. The van der Waals surface area contributed by atoms with E-state index in [9.17, 15) is 9.59 Å². The molecule has 0 aliphatic heterocycles. The highest BCUT2D eigenvalue weighted by Crippen LogP contribution is 2.25. The molecule has 46 heavy (non-hydrogen) atoms. The van der Waals surface area contributed by atoms with Crippen LogP contribution in [-0.4, -0.2) is 22.2 Å². The Morgan fingerprint density at radius 1 is 0.326 bits per heavy atom. The van der Waals surface area contributed by atoms with Gasteiger partial charge in [0, 0.05) is 12.8 Å². The Labute approximate surface area is 290 Å². The molecule has 4 heteroatoms. The van der Waals surface area contributed by atoms with Crippen LogP contribution in [0.1, 0.15) is 253 Å². The third-order valence-corrected chi connectivity index (χ3v) is 9.14. The number of unbranched alkanes of at least 4 members (excludes halogenated alkanes) is 24. The first-order valence-electron chi connectivity index (χ1n) is 20.8. The molecule has 0 rings (SSSR count). The molecular weight excluding hydrogens is 568 g/mol. The zero-order valence-corrected chi connectivity index (χ0v) is 32.3. The molecule has 0 aromatic carbocycles. The first-order chi connectivity index (χ1) is 22.4. The van der Waals surface area contributed by atoms with E-state index in [0.29, 0.717) is 12.8 Å². The number of carbonyl (C=O) groups is 2. The molecule has 0 fully saturated rings. The normalized spacial score (nSPS) is 10.7. The molecule has 278 valence electrons. The number of hydrogen-bond donors (Lipinski definition) is 2. The number of carboxylic acids is 2. The van der Waals surface area contributed by atoms with Crippen molar-refractivity contribution in [2.45, 2.75) is 253 Å². The molecule has 0 heterocycles. The lowest BCUT2D eigenvalue weighted by Gasteiger charge is -2.17. The van der Waals surface area contributed by atoms with Gasteiger partial charge in [-0.25, -0.2) is 0 Å². The summed E-state index contributed by atoms with van der Waals surface area (Å²) in [6.45, 7) is 11.5. The van der Waals surface area contributed by atoms with E-state index < -0.39 is 11.9 Å². The predicted molar refractivity (Wildman–Crippen MR) is 204 cm³/mol. The minimum Gasteiger partial charge on any atom is -0.481 e. The van der Waals surface area contributed by atoms with Gasteiger partial charge in [-0.15, -0.1) is 0 Å². The van der Waals surface area contributed by atoms with Gasteiger partial charge in [0.15, 0.2) is 0 Å². The number of hydrogen-bond acceptors (Lipinski definition) is 2. The zero-order valence-electron chi connectivity index (χ0n) is 32.3. The van der Waals surface area contributed by atoms with Crippen molar-refractivity contribution in [3.05, 3.63) is 0 Å². The third kappa shape index (κ3) is 52.5. The molecule has 0 saturated heterocycles. The van der Waals surface area contributed by atoms with E-state index in [1.165, 1.54) is 193 Å². The molecule has 0 aromatic heterocycles. The van der Waals surface area contributed by atoms with Gasteiger partial charge in [-0.05, 0) is 18.8 Å². The van der Waals surface area contributed by atoms with Crippen molar-refractivity contribution in [2.24, 2.45) is 5.92 Å². The quantitative estimate of drug-likeness (QED) is 0.0677. The number of carboxylic acid groups (broad SMARTS) is 2. The lowest BCUT2D eigenvalue weighted by atomic mass is 9.89. The fourth-order valence-electron chi connectivity index (χ4n) is 6.01. The molecule has 4 nitrogen and oxygen atoms in total. The van der Waals surface area contributed by atoms with E-state index in [-0.39, 0.29) is 12.8 Å². The third-order valence-electron chi connectivity index (χ3n) is 9.14. The SMILES string of the molecule is CCCCCCCC.CCCCCCCCCCC(CCCCCCC)CCCCCCCCCC.O=C(O)CCCCC(=O)O. The van der Waals surface area contributed by atoms with Gasteiger partial charge in [0.2, 0.25) is 0 Å². The van der Waals surface area contributed by atoms with E-state index in [1.54, 1.807) is 0 Å². The van der Waals surface area contributed by atoms with Gasteiger partial charge in [0.05, 0.1) is 0 Å². The van der Waals surface area contributed by atoms with Gasteiger partial charge in [-0.1, -0.05) is 227 Å². The van der Waals surface area contributed by atoms with Crippen LogP contribution in [-0.2, 0) is 9.59 Å². The van der Waals surface area contributed by atoms with Crippen molar-refractivity contribution >= 4 is 11.9 Å². The summed E-state index contributed by atoms with van der Waals surface area (Å²) < 4.78 is 0. The van der Waals surface area contributed by atoms with Crippen molar-refractivity contribution in [3.63, 3.8) is 0 Å². The van der Waals surface area contributed by atoms with Gasteiger partial charge in [-0.3, -0.25) is 9.59 Å². The van der Waals surface area contributed by atoms with Crippen LogP contribution in [0.4, 0.5) is 0 Å². The molecule has 0 spiro atoms. The second-order valence-corrected chi connectivity index (χ2v) is 14.0. The van der Waals surface area contributed by atoms with E-state index >= 15 is 0 Å². The molecule has 0 saturated carbocycles. The van der Waals surface area contributed by atoms with Crippen LogP contribution >= 0.6 is 0 Å². The van der Waals surface area contributed by atoms with Crippen LogP contribution in [0, 0.1) is 5.92 Å². The number of aliphatic carboxylic acids is 2. The maximum absolute atomic E-state index is 9.90. The molecule has 0 bridgehead atoms. The van der Waals surface area contributed by atoms with Gasteiger partial charge in [0.1, 0.15) is 0 Å². The topological polar surface area (TPSA) is 74.6 Å². The lowest BCUT2D eigenvalue weighted by molar-refractivity contribution is -0.139. The van der Waals surface area contributed by atoms with Crippen LogP contribution in [0.15, 0.2) is 0 Å². The van der Waals surface area contributed by atoms with Crippen LogP contribution in [0.2, 0.25) is 0 Å². The Balaban J connectivity index is -0.000000832. The van der Waals surface area contributed by atoms with Gasteiger partial charge in [0.25, 0.3) is 0 Å². The summed E-state index contributed by atoms with van der Waals surface area (Å²) in [5.41, 5.74) is 0. The second-order valence-electron chi connectivity index (χ2n) is 14.0. The van der Waals surface area contributed by atoms with Crippen LogP contribution in [0.5, 0.6) is 0 Å². The van der Waals surface area contributed by atoms with Gasteiger partial charge in [-0.2, -0.15) is 0 Å². The summed E-state index contributed by atoms with van der Waals surface area (Å²) in [6.07, 6.45) is 44.8. The van der Waals surface area contributed by atoms with Crippen molar-refractivity contribution in [1.29, 1.82) is 0 Å². The lowest BCUT2D eigenvalue weighted by Crippen LogP contribution is -2.01. The van der Waals surface area contributed by atoms with Crippen molar-refractivity contribution in [1.82, 2.24) is 0 Å². The highest BCUT2D eigenvalue weighted by Gasteiger charge is 2.09. The molecule has 0 radical (unpaired) electrons. The molecule has 0 aliphatic rings. The molecular formula is C42H86O4. The Morgan fingerprint density at radius 3 is 0.717 bits per heavy atom. The van der Waals surface area contributed by atoms with Crippen molar-refractivity contribution in [2.75, 3.05) is 0 Å². The van der Waals surface area contributed by atoms with Crippen molar-refractivity contribution in [3.8, 4) is 0 Å². The second kappa shape index (κ2) is 46.1. The van der Waals surface area contributed by atoms with Crippen LogP contribution < -0.4 is 0 Å². The Bertz CT molecular complexity index is 520. The Hall–Kier alpha value is -1.06. The first-order valence-corrected chi connectivity index (χ1v) is 20.8. The van der Waals surface area contributed by atoms with Crippen LogP contribution in [0.25, 0.3) is 0 Å². The Kier molecular flexibility index (Phi) is 49.4. The van der Waals surface area contributed by atoms with Crippen molar-refractivity contribution < 1.29 is 19.8 Å². The summed E-state index contributed by atoms with van der Waals surface area (Å²) in [6, 6.07) is 0. The summed E-state index contributed by atoms with van der Waals surface area (Å²) in [7, 11) is 0. The van der Waals surface area contributed by atoms with E-state index in [4.69, 9.17) is 10.2 Å². The van der Waals surface area contributed by atoms with Crippen LogP contribution in [0.3, 0.4) is 0 Å². The molecule has 0 amide bonds. The largest absolute Gasteiger partial charge is 0.481 e. The fraction of sp³-hybridized carbons (Fsp3) is 0.952. The van der Waals surface area contributed by atoms with E-state index in [0.717, 1.165) is 5.92 Å². The van der Waals surface area contributed by atoms with Gasteiger partial charge >= 0.3 is 11.9 Å². The average Bonchev–Trinajstić information content (AvgIpc) is 3.04. The highest BCUT2D eigenvalue weighted by atomic mass is 16.4. The standard InChI is InChI=1S/C28H58.C8H18.C6H10O4/c1-4-7-10-13-15-17-20-23-26-28(25-22-19-12-9-6-3)27-24-21-18-16-14-11-8-5-2;1-3-5-7-8-6-4-2;7-5(8)3-1-2-4-6(9)10/h28H,4-27H2,1-3H3;3-8H2,1-2H3;1-4H2,(H,7,8)(H,9,10). The number of rotatable bonds is 34. The summed E-state index contributed by atoms with van der Waals surface area (Å²) in [4.78, 5) is 19.8. The molecule has 0 aliphatic carbocycles. The van der Waals surface area contributed by atoms with E-state index in [2.05, 4.69) is 34.6 Å². The summed E-state index contributed by atoms with van der Waals surface area (Å²) >= 11 is 0. The maximum atomic E-state index is 9.90. The molecule has 0 atom stereocenters. The first kappa shape index (κ1) is 49.3. The molecule has 2 N–H and O–H groups in total. The van der Waals surface area contributed by atoms with Gasteiger partial charge < -0.3 is 10.2 Å². The monoisotopic (exact) mass is 655 g/mol. The molecule has 0 aromatic rings. The smallest absolute Gasteiger partial charge is 0.303 e. The fourth-order valence-corrected chi connectivity index (χ4v) is 6.01. The minimum absolute atomic E-state index is 0.0628. The zero-order chi connectivity index (χ0) is 34.8. The highest BCUT2D eigenvalue weighted by molar-refractivity contribution is 5.67. The minimum atomic E-state index is -0.870. The molecule has 0 unspecified atom stereocenters.